The number of nitrogens with zero attached hydrogens (tertiary/aromatic N) is 5. The first-order valence-corrected chi connectivity index (χ1v) is 8.75. The predicted molar refractivity (Wildman–Crippen MR) is 99.9 cm³/mol. The summed E-state index contributed by atoms with van der Waals surface area (Å²) < 4.78 is 0. The van der Waals surface area contributed by atoms with Crippen LogP contribution < -0.4 is 10.2 Å². The van der Waals surface area contributed by atoms with Crippen molar-refractivity contribution in [3.63, 3.8) is 0 Å². The van der Waals surface area contributed by atoms with E-state index in [2.05, 4.69) is 38.1 Å². The van der Waals surface area contributed by atoms with Gasteiger partial charge in [-0.2, -0.15) is 5.26 Å². The summed E-state index contributed by atoms with van der Waals surface area (Å²) in [6.45, 7) is 6.99. The lowest BCUT2D eigenvalue weighted by Crippen LogP contribution is -2.49. The molecular weight excluding hydrogens is 336 g/mol. The lowest BCUT2D eigenvalue weighted by Gasteiger charge is -2.36. The normalized spacial score (nSPS) is 16.3. The highest BCUT2D eigenvalue weighted by Crippen LogP contribution is 2.17. The van der Waals surface area contributed by atoms with E-state index >= 15 is 0 Å². The molecule has 7 heteroatoms. The largest absolute Gasteiger partial charge is 0.366 e. The Morgan fingerprint density at radius 2 is 2.04 bits per heavy atom. The van der Waals surface area contributed by atoms with Crippen LogP contribution in [0.5, 0.6) is 0 Å². The summed E-state index contributed by atoms with van der Waals surface area (Å²) in [7, 11) is 0. The Balaban J connectivity index is 1.49. The first-order chi connectivity index (χ1) is 12.2. The first kappa shape index (κ1) is 17.5. The molecule has 1 saturated heterocycles. The van der Waals surface area contributed by atoms with Crippen molar-refractivity contribution in [3.8, 4) is 6.07 Å². The molecule has 2 aromatic heterocycles. The van der Waals surface area contributed by atoms with Gasteiger partial charge in [-0.3, -0.25) is 4.90 Å². The van der Waals surface area contributed by atoms with E-state index in [4.69, 9.17) is 16.9 Å². The Labute approximate surface area is 153 Å². The summed E-state index contributed by atoms with van der Waals surface area (Å²) in [5.74, 6) is 1.73. The van der Waals surface area contributed by atoms with Gasteiger partial charge in [0.05, 0.1) is 5.02 Å². The molecule has 2 aromatic rings. The van der Waals surface area contributed by atoms with Crippen LogP contribution in [0.25, 0.3) is 0 Å². The number of anilines is 2. The van der Waals surface area contributed by atoms with Crippen molar-refractivity contribution in [3.05, 3.63) is 47.2 Å². The fourth-order valence-corrected chi connectivity index (χ4v) is 3.13. The molecule has 0 radical (unpaired) electrons. The van der Waals surface area contributed by atoms with Gasteiger partial charge < -0.3 is 10.2 Å². The van der Waals surface area contributed by atoms with Crippen molar-refractivity contribution < 1.29 is 0 Å². The van der Waals surface area contributed by atoms with Crippen LogP contribution in [0.4, 0.5) is 11.6 Å². The van der Waals surface area contributed by atoms with Crippen molar-refractivity contribution in [1.82, 2.24) is 14.9 Å². The number of aromatic nitrogens is 2. The fraction of sp³-hybridized carbons (Fsp3) is 0.389. The summed E-state index contributed by atoms with van der Waals surface area (Å²) in [6.07, 6.45) is 1.84. The highest BCUT2D eigenvalue weighted by Gasteiger charge is 2.19. The molecule has 1 unspecified atom stereocenters. The zero-order valence-electron chi connectivity index (χ0n) is 14.2. The average molecular weight is 357 g/mol. The molecule has 3 heterocycles. The minimum Gasteiger partial charge on any atom is -0.366 e. The number of halogens is 1. The van der Waals surface area contributed by atoms with E-state index in [9.17, 15) is 0 Å². The van der Waals surface area contributed by atoms with Crippen LogP contribution in [0.1, 0.15) is 12.6 Å². The minimum atomic E-state index is 0.224. The summed E-state index contributed by atoms with van der Waals surface area (Å²) in [4.78, 5) is 13.4. The lowest BCUT2D eigenvalue weighted by atomic mass is 10.2. The molecule has 1 aliphatic heterocycles. The third-order valence-electron chi connectivity index (χ3n) is 4.22. The number of hydrogen-bond donors (Lipinski definition) is 1. The van der Waals surface area contributed by atoms with Crippen molar-refractivity contribution in [2.75, 3.05) is 42.9 Å². The quantitative estimate of drug-likeness (QED) is 0.888. The first-order valence-electron chi connectivity index (χ1n) is 8.37. The average Bonchev–Trinajstić information content (AvgIpc) is 2.64. The molecule has 25 heavy (non-hydrogen) atoms. The second-order valence-corrected chi connectivity index (χ2v) is 6.57. The van der Waals surface area contributed by atoms with Crippen LogP contribution in [0, 0.1) is 11.3 Å². The zero-order valence-corrected chi connectivity index (χ0v) is 14.9. The van der Waals surface area contributed by atoms with E-state index in [1.165, 1.54) is 0 Å². The Morgan fingerprint density at radius 3 is 2.72 bits per heavy atom. The molecule has 0 aromatic carbocycles. The molecule has 6 nitrogen and oxygen atoms in total. The summed E-state index contributed by atoms with van der Waals surface area (Å²) in [5, 5.41) is 12.7. The predicted octanol–water partition coefficient (Wildman–Crippen LogP) is 2.62. The standard InChI is InChI=1S/C18H21ClN6/c1-14(22-17-6-5-15(19)16(12-20)23-17)13-24-8-10-25(11-9-24)18-4-2-3-7-21-18/h2-7,14H,8-11,13H2,1H3,(H,22,23). The van der Waals surface area contributed by atoms with Gasteiger partial charge in [0, 0.05) is 45.0 Å². The number of nitriles is 1. The molecule has 1 fully saturated rings. The second-order valence-electron chi connectivity index (χ2n) is 6.16. The summed E-state index contributed by atoms with van der Waals surface area (Å²) >= 11 is 5.92. The third-order valence-corrected chi connectivity index (χ3v) is 4.53. The highest BCUT2D eigenvalue weighted by molar-refractivity contribution is 6.31. The minimum absolute atomic E-state index is 0.224. The van der Waals surface area contributed by atoms with E-state index in [-0.39, 0.29) is 11.7 Å². The van der Waals surface area contributed by atoms with E-state index in [1.807, 2.05) is 24.4 Å². The Morgan fingerprint density at radius 1 is 1.24 bits per heavy atom. The molecule has 130 valence electrons. The molecule has 0 spiro atoms. The topological polar surface area (TPSA) is 68.1 Å². The Kier molecular flexibility index (Phi) is 5.69. The van der Waals surface area contributed by atoms with Crippen molar-refractivity contribution in [2.45, 2.75) is 13.0 Å². The van der Waals surface area contributed by atoms with Crippen molar-refractivity contribution >= 4 is 23.2 Å². The number of piperazine rings is 1. The number of rotatable bonds is 5. The summed E-state index contributed by atoms with van der Waals surface area (Å²) in [6, 6.07) is 11.8. The maximum atomic E-state index is 9.01. The van der Waals surface area contributed by atoms with E-state index in [1.54, 1.807) is 12.1 Å². The number of pyridine rings is 2. The fourth-order valence-electron chi connectivity index (χ4n) is 2.99. The Hall–Kier alpha value is -2.36. The highest BCUT2D eigenvalue weighted by atomic mass is 35.5. The zero-order chi connectivity index (χ0) is 17.6. The van der Waals surface area contributed by atoms with Crippen molar-refractivity contribution in [1.29, 1.82) is 5.26 Å². The maximum Gasteiger partial charge on any atom is 0.161 e. The van der Waals surface area contributed by atoms with Crippen LogP contribution in [-0.2, 0) is 0 Å². The van der Waals surface area contributed by atoms with Crippen LogP contribution in [-0.4, -0.2) is 53.6 Å². The monoisotopic (exact) mass is 356 g/mol. The van der Waals surface area contributed by atoms with Gasteiger partial charge in [0.15, 0.2) is 5.69 Å². The second kappa shape index (κ2) is 8.15. The summed E-state index contributed by atoms with van der Waals surface area (Å²) in [5.41, 5.74) is 0.253. The van der Waals surface area contributed by atoms with Gasteiger partial charge in [-0.25, -0.2) is 9.97 Å². The molecule has 1 N–H and O–H groups in total. The van der Waals surface area contributed by atoms with Crippen LogP contribution in [0.2, 0.25) is 5.02 Å². The molecule has 1 aliphatic rings. The Bertz CT molecular complexity index is 737. The maximum absolute atomic E-state index is 9.01. The van der Waals surface area contributed by atoms with Gasteiger partial charge >= 0.3 is 0 Å². The molecule has 0 aliphatic carbocycles. The van der Waals surface area contributed by atoms with Crippen LogP contribution >= 0.6 is 11.6 Å². The van der Waals surface area contributed by atoms with Crippen molar-refractivity contribution in [2.24, 2.45) is 0 Å². The molecule has 0 bridgehead atoms. The van der Waals surface area contributed by atoms with Gasteiger partial charge in [-0.15, -0.1) is 0 Å². The molecular formula is C18H21ClN6. The SMILES string of the molecule is CC(CN1CCN(c2ccccn2)CC1)Nc1ccc(Cl)c(C#N)n1. The van der Waals surface area contributed by atoms with Gasteiger partial charge in [0.25, 0.3) is 0 Å². The molecule has 1 atom stereocenters. The molecule has 3 rings (SSSR count). The smallest absolute Gasteiger partial charge is 0.161 e. The van der Waals surface area contributed by atoms with Gasteiger partial charge in [0.1, 0.15) is 17.7 Å². The molecule has 0 amide bonds. The van der Waals surface area contributed by atoms with E-state index in [0.29, 0.717) is 10.8 Å². The van der Waals surface area contributed by atoms with Crippen LogP contribution in [0.3, 0.4) is 0 Å². The van der Waals surface area contributed by atoms with E-state index < -0.39 is 0 Å². The molecule has 0 saturated carbocycles. The number of hydrogen-bond acceptors (Lipinski definition) is 6. The third kappa shape index (κ3) is 4.59. The van der Waals surface area contributed by atoms with Gasteiger partial charge in [-0.05, 0) is 31.2 Å². The number of nitrogens with one attached hydrogen (secondary N) is 1. The van der Waals surface area contributed by atoms with Crippen LogP contribution in [0.15, 0.2) is 36.5 Å². The lowest BCUT2D eigenvalue weighted by molar-refractivity contribution is 0.250. The van der Waals surface area contributed by atoms with Gasteiger partial charge in [0.2, 0.25) is 0 Å². The van der Waals surface area contributed by atoms with Gasteiger partial charge in [-0.1, -0.05) is 17.7 Å². The van der Waals surface area contributed by atoms with E-state index in [0.717, 1.165) is 38.5 Å².